The maximum atomic E-state index is 8.74. The van der Waals surface area contributed by atoms with Crippen LogP contribution in [0, 0.1) is 17.2 Å². The zero-order valence-electron chi connectivity index (χ0n) is 8.25. The predicted octanol–water partition coefficient (Wildman–Crippen LogP) is 2.02. The van der Waals surface area contributed by atoms with Gasteiger partial charge in [0.2, 0.25) is 0 Å². The first-order valence-corrected chi connectivity index (χ1v) is 6.23. The molecule has 1 rings (SSSR count). The van der Waals surface area contributed by atoms with Crippen molar-refractivity contribution in [2.75, 3.05) is 18.1 Å². The number of nitrogens with one attached hydrogen (secondary N) is 1. The maximum Gasteiger partial charge on any atom is 0.0950 e. The van der Waals surface area contributed by atoms with Crippen LogP contribution in [0.2, 0.25) is 0 Å². The van der Waals surface area contributed by atoms with E-state index in [1.54, 1.807) is 0 Å². The van der Waals surface area contributed by atoms with E-state index >= 15 is 0 Å². The molecule has 1 aliphatic heterocycles. The Morgan fingerprint density at radius 3 is 2.77 bits per heavy atom. The van der Waals surface area contributed by atoms with Gasteiger partial charge in [-0.3, -0.25) is 0 Å². The van der Waals surface area contributed by atoms with Gasteiger partial charge in [0.1, 0.15) is 0 Å². The monoisotopic (exact) mass is 198 g/mol. The third-order valence-electron chi connectivity index (χ3n) is 2.56. The molecule has 0 aromatic rings. The number of hydrogen-bond donors (Lipinski definition) is 1. The molecule has 0 spiro atoms. The molecule has 0 aliphatic carbocycles. The van der Waals surface area contributed by atoms with E-state index in [0.29, 0.717) is 0 Å². The molecule has 13 heavy (non-hydrogen) atoms. The van der Waals surface area contributed by atoms with Gasteiger partial charge >= 0.3 is 0 Å². The van der Waals surface area contributed by atoms with Crippen molar-refractivity contribution in [2.45, 2.75) is 32.2 Å². The maximum absolute atomic E-state index is 8.74. The predicted molar refractivity (Wildman–Crippen MR) is 57.7 cm³/mol. The van der Waals surface area contributed by atoms with Crippen molar-refractivity contribution in [3.05, 3.63) is 0 Å². The van der Waals surface area contributed by atoms with Gasteiger partial charge in [0.15, 0.2) is 0 Å². The van der Waals surface area contributed by atoms with Crippen molar-refractivity contribution >= 4 is 11.8 Å². The topological polar surface area (TPSA) is 35.8 Å². The normalized spacial score (nSPS) is 20.9. The molecule has 0 saturated carbocycles. The first-order valence-electron chi connectivity index (χ1n) is 5.07. The van der Waals surface area contributed by atoms with E-state index in [9.17, 15) is 0 Å². The summed E-state index contributed by atoms with van der Waals surface area (Å²) in [4.78, 5) is 0. The molecular weight excluding hydrogens is 180 g/mol. The van der Waals surface area contributed by atoms with E-state index in [4.69, 9.17) is 5.26 Å². The molecule has 0 aromatic carbocycles. The van der Waals surface area contributed by atoms with E-state index < -0.39 is 0 Å². The fourth-order valence-electron chi connectivity index (χ4n) is 1.54. The number of hydrogen-bond acceptors (Lipinski definition) is 3. The number of thioether (sulfide) groups is 1. The lowest BCUT2D eigenvalue weighted by molar-refractivity contribution is 0.428. The van der Waals surface area contributed by atoms with Crippen molar-refractivity contribution in [1.82, 2.24) is 5.32 Å². The summed E-state index contributed by atoms with van der Waals surface area (Å²) in [5, 5.41) is 12.1. The summed E-state index contributed by atoms with van der Waals surface area (Å²) < 4.78 is 0. The molecule has 3 heteroatoms. The van der Waals surface area contributed by atoms with Crippen molar-refractivity contribution < 1.29 is 0 Å². The molecule has 0 amide bonds. The van der Waals surface area contributed by atoms with Gasteiger partial charge in [-0.25, -0.2) is 0 Å². The van der Waals surface area contributed by atoms with Gasteiger partial charge in [-0.2, -0.15) is 17.0 Å². The molecule has 1 heterocycles. The summed E-state index contributed by atoms with van der Waals surface area (Å²) in [6.07, 6.45) is 3.55. The van der Waals surface area contributed by atoms with Crippen molar-refractivity contribution in [3.63, 3.8) is 0 Å². The van der Waals surface area contributed by atoms with Gasteiger partial charge in [0, 0.05) is 0 Å². The first kappa shape index (κ1) is 10.9. The van der Waals surface area contributed by atoms with Crippen LogP contribution in [0.5, 0.6) is 0 Å². The minimum atomic E-state index is 0.0644. The lowest BCUT2D eigenvalue weighted by atomic mass is 10.0. The number of nitrogens with zero attached hydrogens (tertiary/aromatic N) is 1. The van der Waals surface area contributed by atoms with E-state index in [1.807, 2.05) is 0 Å². The molecule has 0 radical (unpaired) electrons. The third kappa shape index (κ3) is 4.02. The molecule has 1 aliphatic rings. The Hall–Kier alpha value is -0.200. The smallest absolute Gasteiger partial charge is 0.0950 e. The van der Waals surface area contributed by atoms with E-state index in [2.05, 4.69) is 30.1 Å². The van der Waals surface area contributed by atoms with Gasteiger partial charge in [-0.15, -0.1) is 0 Å². The fraction of sp³-hybridized carbons (Fsp3) is 0.900. The average Bonchev–Trinajstić information content (AvgIpc) is 2.21. The molecule has 1 saturated heterocycles. The van der Waals surface area contributed by atoms with Crippen LogP contribution in [-0.4, -0.2) is 24.1 Å². The summed E-state index contributed by atoms with van der Waals surface area (Å²) in [6, 6.07) is 2.34. The largest absolute Gasteiger partial charge is 0.302 e. The molecule has 1 N–H and O–H groups in total. The third-order valence-corrected chi connectivity index (χ3v) is 3.61. The summed E-state index contributed by atoms with van der Waals surface area (Å²) in [7, 11) is 0. The molecule has 1 fully saturated rings. The van der Waals surface area contributed by atoms with Crippen LogP contribution < -0.4 is 5.32 Å². The first-order chi connectivity index (χ1) is 6.36. The summed E-state index contributed by atoms with van der Waals surface area (Å²) >= 11 is 2.05. The van der Waals surface area contributed by atoms with E-state index in [1.165, 1.54) is 24.3 Å². The van der Waals surface area contributed by atoms with Gasteiger partial charge in [0.05, 0.1) is 12.1 Å². The van der Waals surface area contributed by atoms with Crippen LogP contribution in [-0.2, 0) is 0 Å². The highest BCUT2D eigenvalue weighted by Crippen LogP contribution is 2.21. The zero-order valence-corrected chi connectivity index (χ0v) is 9.07. The standard InChI is InChI=1S/C10H18N2S/c1-2-10(7-11)12-8-9-3-5-13-6-4-9/h9-10,12H,2-6,8H2,1H3. The molecule has 74 valence electrons. The Kier molecular flexibility index (Phi) is 5.26. The van der Waals surface area contributed by atoms with Crippen LogP contribution in [0.1, 0.15) is 26.2 Å². The van der Waals surface area contributed by atoms with Crippen LogP contribution in [0.4, 0.5) is 0 Å². The second-order valence-corrected chi connectivity index (χ2v) is 4.78. The highest BCUT2D eigenvalue weighted by Gasteiger charge is 2.14. The highest BCUT2D eigenvalue weighted by atomic mass is 32.2. The number of nitriles is 1. The van der Waals surface area contributed by atoms with Gasteiger partial charge in [0.25, 0.3) is 0 Å². The summed E-state index contributed by atoms with van der Waals surface area (Å²) in [6.45, 7) is 3.09. The Balaban J connectivity index is 2.13. The Bertz CT molecular complexity index is 170. The molecule has 1 atom stereocenters. The zero-order chi connectivity index (χ0) is 9.52. The molecule has 2 nitrogen and oxygen atoms in total. The van der Waals surface area contributed by atoms with Gasteiger partial charge in [-0.1, -0.05) is 6.92 Å². The summed E-state index contributed by atoms with van der Waals surface area (Å²) in [5.41, 5.74) is 0. The van der Waals surface area contributed by atoms with Crippen molar-refractivity contribution in [1.29, 1.82) is 5.26 Å². The fourth-order valence-corrected chi connectivity index (χ4v) is 2.74. The van der Waals surface area contributed by atoms with Crippen LogP contribution in [0.15, 0.2) is 0 Å². The highest BCUT2D eigenvalue weighted by molar-refractivity contribution is 7.99. The van der Waals surface area contributed by atoms with Gasteiger partial charge in [-0.05, 0) is 43.2 Å². The average molecular weight is 198 g/mol. The quantitative estimate of drug-likeness (QED) is 0.750. The lowest BCUT2D eigenvalue weighted by Gasteiger charge is -2.22. The number of rotatable bonds is 4. The summed E-state index contributed by atoms with van der Waals surface area (Å²) in [5.74, 6) is 3.41. The molecule has 0 bridgehead atoms. The van der Waals surface area contributed by atoms with Crippen LogP contribution in [0.3, 0.4) is 0 Å². The Morgan fingerprint density at radius 1 is 1.54 bits per heavy atom. The van der Waals surface area contributed by atoms with Crippen molar-refractivity contribution in [3.8, 4) is 6.07 Å². The second kappa shape index (κ2) is 6.28. The molecule has 1 unspecified atom stereocenters. The Morgan fingerprint density at radius 2 is 2.23 bits per heavy atom. The van der Waals surface area contributed by atoms with Gasteiger partial charge < -0.3 is 5.32 Å². The van der Waals surface area contributed by atoms with Crippen molar-refractivity contribution in [2.24, 2.45) is 5.92 Å². The Labute approximate surface area is 85.1 Å². The minimum Gasteiger partial charge on any atom is -0.302 e. The van der Waals surface area contributed by atoms with Crippen LogP contribution >= 0.6 is 11.8 Å². The molecule has 0 aromatic heterocycles. The van der Waals surface area contributed by atoms with Crippen LogP contribution in [0.25, 0.3) is 0 Å². The van der Waals surface area contributed by atoms with E-state index in [0.717, 1.165) is 18.9 Å². The van der Waals surface area contributed by atoms with E-state index in [-0.39, 0.29) is 6.04 Å². The minimum absolute atomic E-state index is 0.0644. The second-order valence-electron chi connectivity index (χ2n) is 3.55. The SMILES string of the molecule is CCC(C#N)NCC1CCSCC1. The lowest BCUT2D eigenvalue weighted by Crippen LogP contribution is -2.33. The molecular formula is C10H18N2S.